The molecule has 0 amide bonds. The Morgan fingerprint density at radius 2 is 2.00 bits per heavy atom. The molecule has 102 valence electrons. The smallest absolute Gasteiger partial charge is 0.238 e. The second kappa shape index (κ2) is 5.77. The van der Waals surface area contributed by atoms with Gasteiger partial charge in [-0.15, -0.1) is 0 Å². The molecule has 0 saturated carbocycles. The van der Waals surface area contributed by atoms with Crippen LogP contribution in [0.1, 0.15) is 25.8 Å². The summed E-state index contributed by atoms with van der Waals surface area (Å²) in [4.78, 5) is -0.262. The molecule has 4 nitrogen and oxygen atoms in total. The van der Waals surface area contributed by atoms with Crippen molar-refractivity contribution >= 4 is 10.0 Å². The summed E-state index contributed by atoms with van der Waals surface area (Å²) in [7, 11) is -3.89. The lowest BCUT2D eigenvalue weighted by Crippen LogP contribution is -2.16. The van der Waals surface area contributed by atoms with Crippen molar-refractivity contribution < 1.29 is 17.9 Å². The molecule has 1 aromatic carbocycles. The molecule has 1 unspecified atom stereocenters. The van der Waals surface area contributed by atoms with Crippen molar-refractivity contribution in [2.75, 3.05) is 0 Å². The Labute approximate surface area is 107 Å². The predicted octanol–water partition coefficient (Wildman–Crippen LogP) is 1.42. The van der Waals surface area contributed by atoms with E-state index in [1.54, 1.807) is 0 Å². The van der Waals surface area contributed by atoms with Crippen LogP contribution in [0, 0.1) is 11.7 Å². The number of aliphatic hydroxyl groups is 1. The van der Waals surface area contributed by atoms with Crippen molar-refractivity contribution in [3.8, 4) is 0 Å². The average molecular weight is 275 g/mol. The standard InChI is InChI=1S/C12H18FNO3S/c1-8(2)5-10(15)6-9-3-4-11(7-12(9)13)18(14,16)17/h3-4,7-8,10,15H,5-6H2,1-2H3,(H2,14,16,17). The van der Waals surface area contributed by atoms with Crippen molar-refractivity contribution in [2.45, 2.75) is 37.7 Å². The van der Waals surface area contributed by atoms with Crippen LogP contribution in [0.3, 0.4) is 0 Å². The molecule has 6 heteroatoms. The fourth-order valence-electron chi connectivity index (χ4n) is 1.75. The molecule has 1 atom stereocenters. The average Bonchev–Trinajstić information content (AvgIpc) is 2.18. The number of rotatable bonds is 5. The van der Waals surface area contributed by atoms with E-state index in [0.29, 0.717) is 12.3 Å². The number of aliphatic hydroxyl groups excluding tert-OH is 1. The first-order valence-corrected chi connectivity index (χ1v) is 7.24. The van der Waals surface area contributed by atoms with Crippen molar-refractivity contribution in [1.82, 2.24) is 0 Å². The number of primary sulfonamides is 1. The predicted molar refractivity (Wildman–Crippen MR) is 66.9 cm³/mol. The minimum Gasteiger partial charge on any atom is -0.393 e. The van der Waals surface area contributed by atoms with E-state index in [1.807, 2.05) is 13.8 Å². The Morgan fingerprint density at radius 1 is 1.39 bits per heavy atom. The number of halogens is 1. The molecule has 0 radical (unpaired) electrons. The van der Waals surface area contributed by atoms with Crippen LogP contribution in [0.5, 0.6) is 0 Å². The molecule has 0 aromatic heterocycles. The SMILES string of the molecule is CC(C)CC(O)Cc1ccc(S(N)(=O)=O)cc1F. The normalized spacial score (nSPS) is 13.9. The van der Waals surface area contributed by atoms with Gasteiger partial charge in [0.15, 0.2) is 0 Å². The van der Waals surface area contributed by atoms with Crippen molar-refractivity contribution in [1.29, 1.82) is 0 Å². The summed E-state index contributed by atoms with van der Waals surface area (Å²) >= 11 is 0. The number of sulfonamides is 1. The van der Waals surface area contributed by atoms with Crippen molar-refractivity contribution in [3.63, 3.8) is 0 Å². The van der Waals surface area contributed by atoms with E-state index < -0.39 is 21.9 Å². The van der Waals surface area contributed by atoms with Gasteiger partial charge in [0.05, 0.1) is 11.0 Å². The van der Waals surface area contributed by atoms with Crippen LogP contribution < -0.4 is 5.14 Å². The zero-order valence-electron chi connectivity index (χ0n) is 10.4. The third kappa shape index (κ3) is 4.36. The topological polar surface area (TPSA) is 80.4 Å². The zero-order valence-corrected chi connectivity index (χ0v) is 11.2. The van der Waals surface area contributed by atoms with Crippen LogP contribution >= 0.6 is 0 Å². The van der Waals surface area contributed by atoms with Gasteiger partial charge in [0.1, 0.15) is 5.82 Å². The lowest BCUT2D eigenvalue weighted by Gasteiger charge is -2.13. The highest BCUT2D eigenvalue weighted by molar-refractivity contribution is 7.89. The van der Waals surface area contributed by atoms with E-state index >= 15 is 0 Å². The van der Waals surface area contributed by atoms with Gasteiger partial charge in [0.25, 0.3) is 0 Å². The van der Waals surface area contributed by atoms with E-state index in [1.165, 1.54) is 12.1 Å². The third-order valence-corrected chi connectivity index (χ3v) is 3.46. The van der Waals surface area contributed by atoms with Gasteiger partial charge in [-0.25, -0.2) is 17.9 Å². The molecular weight excluding hydrogens is 257 g/mol. The van der Waals surface area contributed by atoms with Gasteiger partial charge in [0.2, 0.25) is 10.0 Å². The Bertz CT molecular complexity index is 514. The number of nitrogens with two attached hydrogens (primary N) is 1. The van der Waals surface area contributed by atoms with Crippen LogP contribution in [0.15, 0.2) is 23.1 Å². The molecule has 0 heterocycles. The third-order valence-electron chi connectivity index (χ3n) is 2.55. The van der Waals surface area contributed by atoms with E-state index in [4.69, 9.17) is 5.14 Å². The molecule has 0 aliphatic carbocycles. The molecule has 0 aliphatic heterocycles. The molecule has 1 aromatic rings. The lowest BCUT2D eigenvalue weighted by molar-refractivity contribution is 0.148. The summed E-state index contributed by atoms with van der Waals surface area (Å²) < 4.78 is 35.7. The maximum atomic E-state index is 13.6. The van der Waals surface area contributed by atoms with E-state index in [2.05, 4.69) is 0 Å². The molecule has 0 fully saturated rings. The maximum absolute atomic E-state index is 13.6. The second-order valence-electron chi connectivity index (χ2n) is 4.79. The first-order valence-electron chi connectivity index (χ1n) is 5.69. The van der Waals surface area contributed by atoms with Gasteiger partial charge in [-0.1, -0.05) is 19.9 Å². The number of hydrogen-bond acceptors (Lipinski definition) is 3. The minimum absolute atomic E-state index is 0.162. The van der Waals surface area contributed by atoms with Crippen LogP contribution in [-0.2, 0) is 16.4 Å². The van der Waals surface area contributed by atoms with Gasteiger partial charge in [0, 0.05) is 6.42 Å². The summed E-state index contributed by atoms with van der Waals surface area (Å²) in [6, 6.07) is 3.47. The van der Waals surface area contributed by atoms with Crippen LogP contribution in [0.25, 0.3) is 0 Å². The molecular formula is C12H18FNO3S. The van der Waals surface area contributed by atoms with Gasteiger partial charge < -0.3 is 5.11 Å². The first-order chi connectivity index (χ1) is 8.20. The summed E-state index contributed by atoms with van der Waals surface area (Å²) in [6.07, 6.45) is 0.0884. The molecule has 3 N–H and O–H groups in total. The molecule has 0 aliphatic rings. The van der Waals surface area contributed by atoms with Crippen LogP contribution in [0.4, 0.5) is 4.39 Å². The Kier molecular flexibility index (Phi) is 4.84. The highest BCUT2D eigenvalue weighted by Crippen LogP contribution is 2.17. The van der Waals surface area contributed by atoms with E-state index in [-0.39, 0.29) is 16.9 Å². The number of benzene rings is 1. The largest absolute Gasteiger partial charge is 0.393 e. The maximum Gasteiger partial charge on any atom is 0.238 e. The zero-order chi connectivity index (χ0) is 13.9. The van der Waals surface area contributed by atoms with Gasteiger partial charge >= 0.3 is 0 Å². The highest BCUT2D eigenvalue weighted by Gasteiger charge is 2.14. The quantitative estimate of drug-likeness (QED) is 0.853. The fourth-order valence-corrected chi connectivity index (χ4v) is 2.28. The van der Waals surface area contributed by atoms with Gasteiger partial charge in [-0.05, 0) is 30.0 Å². The molecule has 0 bridgehead atoms. The minimum atomic E-state index is -3.89. The van der Waals surface area contributed by atoms with Crippen molar-refractivity contribution in [3.05, 3.63) is 29.6 Å². The fraction of sp³-hybridized carbons (Fsp3) is 0.500. The van der Waals surface area contributed by atoms with E-state index in [9.17, 15) is 17.9 Å². The highest BCUT2D eigenvalue weighted by atomic mass is 32.2. The summed E-state index contributed by atoms with van der Waals surface area (Å²) in [5.74, 6) is -0.351. The molecule has 18 heavy (non-hydrogen) atoms. The van der Waals surface area contributed by atoms with E-state index in [0.717, 1.165) is 6.07 Å². The first kappa shape index (κ1) is 15.1. The summed E-state index contributed by atoms with van der Waals surface area (Å²) in [5, 5.41) is 14.6. The lowest BCUT2D eigenvalue weighted by atomic mass is 9.99. The van der Waals surface area contributed by atoms with Gasteiger partial charge in [-0.3, -0.25) is 0 Å². The molecule has 1 rings (SSSR count). The van der Waals surface area contributed by atoms with Crippen molar-refractivity contribution in [2.24, 2.45) is 11.1 Å². The van der Waals surface area contributed by atoms with Crippen LogP contribution in [0.2, 0.25) is 0 Å². The summed E-state index contributed by atoms with van der Waals surface area (Å²) in [6.45, 7) is 3.92. The monoisotopic (exact) mass is 275 g/mol. The molecule has 0 saturated heterocycles. The second-order valence-corrected chi connectivity index (χ2v) is 6.35. The van der Waals surface area contributed by atoms with Gasteiger partial charge in [-0.2, -0.15) is 0 Å². The summed E-state index contributed by atoms with van der Waals surface area (Å²) in [5.41, 5.74) is 0.288. The molecule has 0 spiro atoms. The number of hydrogen-bond donors (Lipinski definition) is 2. The Hall–Kier alpha value is -0.980. The Balaban J connectivity index is 2.87. The van der Waals surface area contributed by atoms with Crippen LogP contribution in [-0.4, -0.2) is 19.6 Å². The Morgan fingerprint density at radius 3 is 2.44 bits per heavy atom.